The van der Waals surface area contributed by atoms with Crippen molar-refractivity contribution in [2.75, 3.05) is 31.6 Å². The van der Waals surface area contributed by atoms with Gasteiger partial charge >= 0.3 is 27.4 Å². The summed E-state index contributed by atoms with van der Waals surface area (Å²) in [5, 5.41) is 29.9. The molecule has 77 heavy (non-hydrogen) atoms. The quantitative estimate of drug-likeness (QED) is 0.0226. The Bertz CT molecular complexity index is 3010. The number of rotatable bonds is 21. The van der Waals surface area contributed by atoms with Gasteiger partial charge in [-0.15, -0.1) is 0 Å². The molecule has 0 fully saturated rings. The van der Waals surface area contributed by atoms with Gasteiger partial charge in [0.05, 0.1) is 34.4 Å². The summed E-state index contributed by atoms with van der Waals surface area (Å²) in [6.45, 7) is 17.9. The molecule has 5 aromatic carbocycles. The van der Waals surface area contributed by atoms with Gasteiger partial charge in [0.25, 0.3) is 16.6 Å². The van der Waals surface area contributed by atoms with Gasteiger partial charge in [0.1, 0.15) is 16.5 Å². The lowest BCUT2D eigenvalue weighted by Gasteiger charge is -2.43. The van der Waals surface area contributed by atoms with Crippen molar-refractivity contribution in [2.45, 2.75) is 89.1 Å². The van der Waals surface area contributed by atoms with Gasteiger partial charge in [0.2, 0.25) is 5.82 Å². The largest absolute Gasteiger partial charge is 0.407 e. The first-order valence-electron chi connectivity index (χ1n) is 25.1. The van der Waals surface area contributed by atoms with E-state index in [1.165, 1.54) is 32.9 Å². The monoisotopic (exact) mass is 1110 g/mol. The Hall–Kier alpha value is -7.08. The van der Waals surface area contributed by atoms with Gasteiger partial charge in [0, 0.05) is 19.8 Å². The highest BCUT2D eigenvalue weighted by molar-refractivity contribution is 7.87. The molecule has 0 radical (unpaired) electrons. The van der Waals surface area contributed by atoms with Gasteiger partial charge in [-0.2, -0.15) is 8.42 Å². The molecule has 0 saturated carbocycles. The molecule has 0 saturated heterocycles. The number of nitrogens with zero attached hydrogens (tertiary/aromatic N) is 4. The zero-order valence-corrected chi connectivity index (χ0v) is 47.3. The Balaban J connectivity index is 0.000000220. The molecule has 20 heteroatoms. The summed E-state index contributed by atoms with van der Waals surface area (Å²) in [6, 6.07) is 49.5. The minimum absolute atomic E-state index is 0.0540. The number of hydrogen-bond donors (Lipinski definition) is 2. The van der Waals surface area contributed by atoms with Crippen LogP contribution in [0.2, 0.25) is 10.1 Å². The predicted octanol–water partition coefficient (Wildman–Crippen LogP) is 10.4. The van der Waals surface area contributed by atoms with E-state index in [0.29, 0.717) is 25.4 Å². The Labute approximate surface area is 452 Å². The number of aromatic nitrogens is 2. The van der Waals surface area contributed by atoms with Gasteiger partial charge in [-0.3, -0.25) is 20.2 Å². The minimum atomic E-state index is -4.29. The van der Waals surface area contributed by atoms with Crippen LogP contribution in [0.1, 0.15) is 72.8 Å². The molecule has 0 amide bonds. The van der Waals surface area contributed by atoms with Crippen molar-refractivity contribution < 1.29 is 40.1 Å². The molecule has 0 aliphatic carbocycles. The fraction of sp³-hybridized carbons (Fsp3) is 0.298. The van der Waals surface area contributed by atoms with E-state index in [1.54, 1.807) is 19.1 Å². The number of aryl methyl sites for hydroxylation is 1. The maximum Gasteiger partial charge on any atom is 0.340 e. The predicted molar refractivity (Wildman–Crippen MR) is 304 cm³/mol. The number of pyridine rings is 2. The standard InChI is InChI=1S/C25H30FN3O3Si.C20H29NOSi.C12H9FN2O5S/c1-25(2,3)33(21-12-6-4-7-13-21,22-14-8-5-9-15-22)32-17-11-10-16-27-24-23(29(30)31)18-20(26)19-28-24;1-20(2,3)23(22-17-11-10-16-21,18-12-6-4-7-13-18)19-14-8-5-9-15-19;1-8-2-4-10(5-3-8)21(18,19)20-12-11(15(16)17)6-9(13)7-14-12/h4-9,12-15,18-19H,10-11,16-17H2,1-3H3,(H,27,28);4-9,12-15H,10-11,16-17,21H2,1-3H3;2-7H,1H3. The van der Waals surface area contributed by atoms with Crippen LogP contribution in [0.5, 0.6) is 5.88 Å². The summed E-state index contributed by atoms with van der Waals surface area (Å²) in [4.78, 5) is 27.2. The van der Waals surface area contributed by atoms with Gasteiger partial charge in [-0.25, -0.2) is 18.7 Å². The Morgan fingerprint density at radius 2 is 0.974 bits per heavy atom. The summed E-state index contributed by atoms with van der Waals surface area (Å²) in [5.41, 5.74) is 5.24. The molecule has 2 heterocycles. The third-order valence-corrected chi connectivity index (χ3v) is 23.8. The number of nitrogens with two attached hydrogens (primary N) is 1. The molecule has 0 atom stereocenters. The molecule has 0 bridgehead atoms. The van der Waals surface area contributed by atoms with Crippen LogP contribution >= 0.6 is 0 Å². The lowest BCUT2D eigenvalue weighted by molar-refractivity contribution is -0.386. The molecular weight excluding hydrogens is 1040 g/mol. The molecule has 0 spiro atoms. The maximum absolute atomic E-state index is 13.3. The lowest BCUT2D eigenvalue weighted by atomic mass is 10.2. The highest BCUT2D eigenvalue weighted by atomic mass is 32.2. The average molecular weight is 1110 g/mol. The third-order valence-electron chi connectivity index (χ3n) is 12.5. The van der Waals surface area contributed by atoms with Crippen LogP contribution in [0.3, 0.4) is 0 Å². The first kappa shape index (κ1) is 60.8. The molecule has 2 aromatic heterocycles. The Morgan fingerprint density at radius 1 is 0.584 bits per heavy atom. The maximum atomic E-state index is 13.3. The summed E-state index contributed by atoms with van der Waals surface area (Å²) in [7, 11) is -9.20. The molecule has 15 nitrogen and oxygen atoms in total. The second kappa shape index (κ2) is 27.8. The highest BCUT2D eigenvalue weighted by Gasteiger charge is 2.51. The highest BCUT2D eigenvalue weighted by Crippen LogP contribution is 2.38. The number of hydrogen-bond acceptors (Lipinski definition) is 13. The number of nitrogens with one attached hydrogen (secondary N) is 1. The van der Waals surface area contributed by atoms with Crippen LogP contribution < -0.4 is 36.0 Å². The van der Waals surface area contributed by atoms with Crippen molar-refractivity contribution in [3.8, 4) is 5.88 Å². The zero-order valence-electron chi connectivity index (χ0n) is 44.5. The normalized spacial score (nSPS) is 11.8. The number of nitro groups is 2. The van der Waals surface area contributed by atoms with Crippen LogP contribution in [0, 0.1) is 38.8 Å². The molecule has 7 rings (SSSR count). The average Bonchev–Trinajstić information content (AvgIpc) is 3.41. The van der Waals surface area contributed by atoms with E-state index in [1.807, 2.05) is 12.1 Å². The molecule has 0 unspecified atom stereocenters. The van der Waals surface area contributed by atoms with Crippen molar-refractivity contribution in [1.29, 1.82) is 0 Å². The van der Waals surface area contributed by atoms with E-state index >= 15 is 0 Å². The summed E-state index contributed by atoms with van der Waals surface area (Å²) in [5.74, 6) is -2.41. The van der Waals surface area contributed by atoms with E-state index < -0.39 is 59.8 Å². The van der Waals surface area contributed by atoms with Gasteiger partial charge < -0.3 is 24.1 Å². The van der Waals surface area contributed by atoms with Gasteiger partial charge in [0.15, 0.2) is 0 Å². The van der Waals surface area contributed by atoms with E-state index in [4.69, 9.17) is 14.6 Å². The molecule has 0 aliphatic heterocycles. The fourth-order valence-corrected chi connectivity index (χ4v) is 18.9. The molecule has 408 valence electrons. The topological polar surface area (TPSA) is 212 Å². The number of halogens is 2. The van der Waals surface area contributed by atoms with Crippen LogP contribution in [-0.2, 0) is 19.0 Å². The first-order valence-corrected chi connectivity index (χ1v) is 30.3. The van der Waals surface area contributed by atoms with E-state index in [0.717, 1.165) is 56.7 Å². The van der Waals surface area contributed by atoms with E-state index in [9.17, 15) is 37.4 Å². The summed E-state index contributed by atoms with van der Waals surface area (Å²) < 4.78 is 68.4. The molecule has 3 N–H and O–H groups in total. The SMILES string of the molecule is CC(C)(C)[Si](OCCCCN)(c1ccccc1)c1ccccc1.CC(C)(C)[Si](OCCCCNc1ncc(F)cc1[N+](=O)[O-])(c1ccccc1)c1ccccc1.Cc1ccc(S(=O)(=O)Oc2ncc(F)cc2[N+](=O)[O-])cc1. The van der Waals surface area contributed by atoms with Crippen LogP contribution in [-0.4, -0.2) is 71.2 Å². The van der Waals surface area contributed by atoms with Crippen molar-refractivity contribution >= 4 is 64.7 Å². The smallest absolute Gasteiger partial charge is 0.340 e. The summed E-state index contributed by atoms with van der Waals surface area (Å²) >= 11 is 0. The fourth-order valence-electron chi connectivity index (χ4n) is 8.83. The Kier molecular flexibility index (Phi) is 22.0. The zero-order chi connectivity index (χ0) is 56.3. The van der Waals surface area contributed by atoms with Crippen molar-refractivity contribution in [1.82, 2.24) is 9.97 Å². The first-order chi connectivity index (χ1) is 36.6. The second-order valence-corrected chi connectivity index (χ2v) is 30.2. The second-order valence-electron chi connectivity index (χ2n) is 20.0. The van der Waals surface area contributed by atoms with Crippen molar-refractivity contribution in [3.05, 3.63) is 208 Å². The van der Waals surface area contributed by atoms with E-state index in [-0.39, 0.29) is 26.5 Å². The number of unbranched alkanes of at least 4 members (excludes halogenated alkanes) is 2. The minimum Gasteiger partial charge on any atom is -0.407 e. The number of benzene rings is 5. The molecular formula is C57H68F2N6O9SSi2. The van der Waals surface area contributed by atoms with Crippen molar-refractivity contribution in [3.63, 3.8) is 0 Å². The van der Waals surface area contributed by atoms with Crippen LogP contribution in [0.15, 0.2) is 175 Å². The molecule has 7 aromatic rings. The van der Waals surface area contributed by atoms with Gasteiger partial charge in [-0.1, -0.05) is 181 Å². The third kappa shape index (κ3) is 16.0. The van der Waals surface area contributed by atoms with E-state index in [2.05, 4.69) is 170 Å². The van der Waals surface area contributed by atoms with Crippen LogP contribution in [0.25, 0.3) is 0 Å². The van der Waals surface area contributed by atoms with Gasteiger partial charge in [-0.05, 0) is 82.1 Å². The van der Waals surface area contributed by atoms with Crippen LogP contribution in [0.4, 0.5) is 26.0 Å². The van der Waals surface area contributed by atoms with Crippen molar-refractivity contribution in [2.24, 2.45) is 5.73 Å². The number of anilines is 1. The Morgan fingerprint density at radius 3 is 1.36 bits per heavy atom. The molecule has 0 aliphatic rings. The lowest BCUT2D eigenvalue weighted by Crippen LogP contribution is -2.66. The summed E-state index contributed by atoms with van der Waals surface area (Å²) in [6.07, 6.45) is 5.13.